The van der Waals surface area contributed by atoms with Crippen molar-refractivity contribution in [2.45, 2.75) is 13.2 Å². The summed E-state index contributed by atoms with van der Waals surface area (Å²) >= 11 is 0. The maximum Gasteiger partial charge on any atom is 0.0681 e. The zero-order chi connectivity index (χ0) is 20.1. The number of benzene rings is 4. The number of hydrogen-bond donors (Lipinski definition) is 2. The van der Waals surface area contributed by atoms with Crippen molar-refractivity contribution in [2.24, 2.45) is 0 Å². The molecule has 0 bridgehead atoms. The number of aliphatic hydroxyl groups is 2. The summed E-state index contributed by atoms with van der Waals surface area (Å²) in [7, 11) is 0. The lowest BCUT2D eigenvalue weighted by Crippen LogP contribution is -2.10. The molecule has 4 aromatic carbocycles. The Kier molecular flexibility index (Phi) is 5.71. The van der Waals surface area contributed by atoms with E-state index in [2.05, 4.69) is 41.3 Å². The minimum absolute atomic E-state index is 0.0250. The van der Waals surface area contributed by atoms with E-state index in [9.17, 15) is 10.2 Å². The van der Waals surface area contributed by atoms with Crippen LogP contribution in [0.5, 0.6) is 0 Å². The van der Waals surface area contributed by atoms with Crippen molar-refractivity contribution in [1.82, 2.24) is 0 Å². The largest absolute Gasteiger partial charge is 0.392 e. The van der Waals surface area contributed by atoms with Crippen molar-refractivity contribution in [3.63, 3.8) is 0 Å². The standard InChI is InChI=1S/C26H23NO2/c28-18-20-6-12-24(13-7-20)27(25-14-8-21(19-29)9-15-25)26-16-10-23(11-17-26)22-4-2-1-3-5-22/h1-17,28-29H,18-19H2. The first-order valence-corrected chi connectivity index (χ1v) is 9.64. The highest BCUT2D eigenvalue weighted by molar-refractivity contribution is 5.78. The SMILES string of the molecule is OCc1ccc(N(c2ccc(CO)cc2)c2ccc(-c3ccccc3)cc2)cc1. The number of nitrogens with zero attached hydrogens (tertiary/aromatic N) is 1. The predicted molar refractivity (Wildman–Crippen MR) is 118 cm³/mol. The van der Waals surface area contributed by atoms with Crippen LogP contribution in [0.4, 0.5) is 17.1 Å². The minimum atomic E-state index is 0.0250. The Balaban J connectivity index is 1.74. The van der Waals surface area contributed by atoms with E-state index in [1.54, 1.807) is 0 Å². The highest BCUT2D eigenvalue weighted by Crippen LogP contribution is 2.35. The average Bonchev–Trinajstić information content (AvgIpc) is 2.81. The van der Waals surface area contributed by atoms with Gasteiger partial charge in [0.1, 0.15) is 0 Å². The van der Waals surface area contributed by atoms with Crippen LogP contribution in [0.1, 0.15) is 11.1 Å². The second-order valence-electron chi connectivity index (χ2n) is 6.90. The zero-order valence-electron chi connectivity index (χ0n) is 16.1. The van der Waals surface area contributed by atoms with Crippen molar-refractivity contribution < 1.29 is 10.2 Å². The lowest BCUT2D eigenvalue weighted by Gasteiger charge is -2.26. The highest BCUT2D eigenvalue weighted by Gasteiger charge is 2.13. The fourth-order valence-corrected chi connectivity index (χ4v) is 3.38. The molecule has 0 aliphatic carbocycles. The van der Waals surface area contributed by atoms with Gasteiger partial charge in [0.2, 0.25) is 0 Å². The maximum atomic E-state index is 9.36. The summed E-state index contributed by atoms with van der Waals surface area (Å²) in [6.07, 6.45) is 0. The molecule has 0 aromatic heterocycles. The van der Waals surface area contributed by atoms with Gasteiger partial charge in [0.15, 0.2) is 0 Å². The van der Waals surface area contributed by atoms with Gasteiger partial charge < -0.3 is 15.1 Å². The monoisotopic (exact) mass is 381 g/mol. The van der Waals surface area contributed by atoms with Crippen LogP contribution >= 0.6 is 0 Å². The normalized spacial score (nSPS) is 10.7. The zero-order valence-corrected chi connectivity index (χ0v) is 16.1. The van der Waals surface area contributed by atoms with E-state index >= 15 is 0 Å². The first-order chi connectivity index (χ1) is 14.3. The first-order valence-electron chi connectivity index (χ1n) is 9.64. The quantitative estimate of drug-likeness (QED) is 0.443. The number of anilines is 3. The summed E-state index contributed by atoms with van der Waals surface area (Å²) in [4.78, 5) is 2.16. The van der Waals surface area contributed by atoms with E-state index in [4.69, 9.17) is 0 Å². The number of rotatable bonds is 6. The third-order valence-corrected chi connectivity index (χ3v) is 4.99. The molecule has 0 atom stereocenters. The van der Waals surface area contributed by atoms with Gasteiger partial charge in [-0.25, -0.2) is 0 Å². The Morgan fingerprint density at radius 1 is 0.448 bits per heavy atom. The molecule has 0 radical (unpaired) electrons. The van der Waals surface area contributed by atoms with Gasteiger partial charge in [0, 0.05) is 17.1 Å². The molecule has 0 heterocycles. The van der Waals surface area contributed by atoms with Crippen LogP contribution in [0.3, 0.4) is 0 Å². The van der Waals surface area contributed by atoms with Gasteiger partial charge in [0.05, 0.1) is 13.2 Å². The third-order valence-electron chi connectivity index (χ3n) is 4.99. The van der Waals surface area contributed by atoms with Crippen molar-refractivity contribution in [3.05, 3.63) is 114 Å². The second-order valence-corrected chi connectivity index (χ2v) is 6.90. The van der Waals surface area contributed by atoms with Gasteiger partial charge in [-0.1, -0.05) is 66.7 Å². The van der Waals surface area contributed by atoms with Crippen molar-refractivity contribution in [1.29, 1.82) is 0 Å². The van der Waals surface area contributed by atoms with Crippen LogP contribution < -0.4 is 4.90 Å². The molecule has 0 saturated heterocycles. The molecule has 0 fully saturated rings. The Labute approximate surface area is 171 Å². The van der Waals surface area contributed by atoms with Gasteiger partial charge in [0.25, 0.3) is 0 Å². The highest BCUT2D eigenvalue weighted by atomic mass is 16.3. The molecule has 3 nitrogen and oxygen atoms in total. The number of hydrogen-bond acceptors (Lipinski definition) is 3. The Hall–Kier alpha value is -3.40. The molecule has 0 aliphatic rings. The lowest BCUT2D eigenvalue weighted by molar-refractivity contribution is 0.281. The molecule has 4 aromatic rings. The van der Waals surface area contributed by atoms with E-state index < -0.39 is 0 Å². The van der Waals surface area contributed by atoms with Crippen LogP contribution in [-0.2, 0) is 13.2 Å². The lowest BCUT2D eigenvalue weighted by atomic mass is 10.0. The Bertz CT molecular complexity index is 993. The van der Waals surface area contributed by atoms with Crippen molar-refractivity contribution in [2.75, 3.05) is 4.90 Å². The molecule has 0 aliphatic heterocycles. The molecular formula is C26H23NO2. The first kappa shape index (κ1) is 18.9. The van der Waals surface area contributed by atoms with Gasteiger partial charge in [-0.3, -0.25) is 0 Å². The molecule has 0 saturated carbocycles. The van der Waals surface area contributed by atoms with E-state index in [0.717, 1.165) is 28.2 Å². The van der Waals surface area contributed by atoms with Crippen molar-refractivity contribution in [3.8, 4) is 11.1 Å². The summed E-state index contributed by atoms with van der Waals surface area (Å²) in [6, 6.07) is 34.6. The van der Waals surface area contributed by atoms with E-state index in [1.807, 2.05) is 66.7 Å². The third kappa shape index (κ3) is 4.21. The van der Waals surface area contributed by atoms with Gasteiger partial charge in [-0.2, -0.15) is 0 Å². The summed E-state index contributed by atoms with van der Waals surface area (Å²) < 4.78 is 0. The summed E-state index contributed by atoms with van der Waals surface area (Å²) in [5, 5.41) is 18.7. The smallest absolute Gasteiger partial charge is 0.0681 e. The average molecular weight is 381 g/mol. The molecule has 29 heavy (non-hydrogen) atoms. The molecular weight excluding hydrogens is 358 g/mol. The minimum Gasteiger partial charge on any atom is -0.392 e. The molecule has 3 heteroatoms. The Morgan fingerprint density at radius 2 is 0.828 bits per heavy atom. The second kappa shape index (κ2) is 8.74. The molecule has 4 rings (SSSR count). The summed E-state index contributed by atoms with van der Waals surface area (Å²) in [6.45, 7) is 0.0501. The van der Waals surface area contributed by atoms with Crippen LogP contribution in [-0.4, -0.2) is 10.2 Å². The van der Waals surface area contributed by atoms with Crippen LogP contribution in [0.15, 0.2) is 103 Å². The van der Waals surface area contributed by atoms with Gasteiger partial charge in [-0.05, 0) is 58.7 Å². The molecule has 0 unspecified atom stereocenters. The molecule has 2 N–H and O–H groups in total. The van der Waals surface area contributed by atoms with Gasteiger partial charge in [-0.15, -0.1) is 0 Å². The van der Waals surface area contributed by atoms with Crippen LogP contribution in [0, 0.1) is 0 Å². The topological polar surface area (TPSA) is 43.7 Å². The Morgan fingerprint density at radius 3 is 1.24 bits per heavy atom. The summed E-state index contributed by atoms with van der Waals surface area (Å²) in [5.41, 5.74) is 7.16. The molecule has 144 valence electrons. The molecule has 0 amide bonds. The fourth-order valence-electron chi connectivity index (χ4n) is 3.38. The van der Waals surface area contributed by atoms with Crippen LogP contribution in [0.2, 0.25) is 0 Å². The van der Waals surface area contributed by atoms with Crippen molar-refractivity contribution >= 4 is 17.1 Å². The fraction of sp³-hybridized carbons (Fsp3) is 0.0769. The maximum absolute atomic E-state index is 9.36. The van der Waals surface area contributed by atoms with E-state index in [1.165, 1.54) is 11.1 Å². The van der Waals surface area contributed by atoms with Gasteiger partial charge >= 0.3 is 0 Å². The predicted octanol–water partition coefficient (Wildman–Crippen LogP) is 5.81. The van der Waals surface area contributed by atoms with E-state index in [0.29, 0.717) is 0 Å². The van der Waals surface area contributed by atoms with Crippen LogP contribution in [0.25, 0.3) is 11.1 Å². The number of aliphatic hydroxyl groups excluding tert-OH is 2. The van der Waals surface area contributed by atoms with E-state index in [-0.39, 0.29) is 13.2 Å². The summed E-state index contributed by atoms with van der Waals surface area (Å²) in [5.74, 6) is 0. The molecule has 0 spiro atoms.